The third-order valence-corrected chi connectivity index (χ3v) is 4.09. The third-order valence-electron chi connectivity index (χ3n) is 2.66. The molecule has 15 heavy (non-hydrogen) atoms. The van der Waals surface area contributed by atoms with Crippen molar-refractivity contribution in [3.05, 3.63) is 29.3 Å². The molecule has 1 rings (SSSR count). The van der Waals surface area contributed by atoms with Crippen LogP contribution in [0.2, 0.25) is 0 Å². The molecular formula is C13H21NS. The second-order valence-corrected chi connectivity index (χ2v) is 5.20. The molecule has 0 saturated heterocycles. The van der Waals surface area contributed by atoms with Gasteiger partial charge in [0, 0.05) is 17.2 Å². The van der Waals surface area contributed by atoms with Crippen LogP contribution in [0.5, 0.6) is 0 Å². The Labute approximate surface area is 97.4 Å². The van der Waals surface area contributed by atoms with E-state index >= 15 is 0 Å². The summed E-state index contributed by atoms with van der Waals surface area (Å²) < 4.78 is 0. The van der Waals surface area contributed by atoms with Crippen LogP contribution in [0.1, 0.15) is 31.4 Å². The molecule has 0 spiro atoms. The van der Waals surface area contributed by atoms with Crippen LogP contribution in [0.25, 0.3) is 0 Å². The van der Waals surface area contributed by atoms with Gasteiger partial charge in [0.15, 0.2) is 0 Å². The van der Waals surface area contributed by atoms with Gasteiger partial charge in [-0.3, -0.25) is 0 Å². The molecule has 0 saturated carbocycles. The highest BCUT2D eigenvalue weighted by molar-refractivity contribution is 7.99. The van der Waals surface area contributed by atoms with Gasteiger partial charge in [-0.15, -0.1) is 11.8 Å². The van der Waals surface area contributed by atoms with Crippen LogP contribution < -0.4 is 5.73 Å². The highest BCUT2D eigenvalue weighted by Gasteiger charge is 2.04. The van der Waals surface area contributed by atoms with E-state index in [0.29, 0.717) is 6.54 Å². The smallest absolute Gasteiger partial charge is 0.0189 e. The maximum atomic E-state index is 5.73. The molecule has 0 bridgehead atoms. The Morgan fingerprint density at radius 2 is 2.13 bits per heavy atom. The summed E-state index contributed by atoms with van der Waals surface area (Å²) in [6, 6.07) is 6.53. The van der Waals surface area contributed by atoms with Crippen molar-refractivity contribution in [2.45, 2.75) is 38.6 Å². The van der Waals surface area contributed by atoms with Crippen molar-refractivity contribution in [3.8, 4) is 0 Å². The molecule has 0 heterocycles. The van der Waals surface area contributed by atoms with E-state index in [1.165, 1.54) is 28.2 Å². The number of aryl methyl sites for hydroxylation is 1. The third kappa shape index (κ3) is 3.88. The van der Waals surface area contributed by atoms with Crippen molar-refractivity contribution < 1.29 is 0 Å². The summed E-state index contributed by atoms with van der Waals surface area (Å²) in [7, 11) is 0. The summed E-state index contributed by atoms with van der Waals surface area (Å²) in [4.78, 5) is 1.36. The van der Waals surface area contributed by atoms with Gasteiger partial charge in [0.25, 0.3) is 0 Å². The molecule has 0 aliphatic carbocycles. The van der Waals surface area contributed by atoms with Gasteiger partial charge in [0.2, 0.25) is 0 Å². The van der Waals surface area contributed by atoms with Crippen LogP contribution in [0.15, 0.2) is 23.1 Å². The normalized spacial score (nSPS) is 12.8. The SMILES string of the molecule is CCC(C)CSc1cc(C)ccc1CN. The number of thioether (sulfide) groups is 1. The van der Waals surface area contributed by atoms with E-state index in [0.717, 1.165) is 5.92 Å². The van der Waals surface area contributed by atoms with Gasteiger partial charge in [-0.05, 0) is 30.0 Å². The minimum absolute atomic E-state index is 0.642. The predicted octanol–water partition coefficient (Wildman–Crippen LogP) is 3.59. The van der Waals surface area contributed by atoms with Gasteiger partial charge in [0.1, 0.15) is 0 Å². The number of benzene rings is 1. The minimum atomic E-state index is 0.642. The van der Waals surface area contributed by atoms with Crippen molar-refractivity contribution in [3.63, 3.8) is 0 Å². The Morgan fingerprint density at radius 3 is 2.73 bits per heavy atom. The first-order valence-electron chi connectivity index (χ1n) is 5.59. The summed E-state index contributed by atoms with van der Waals surface area (Å²) in [6.07, 6.45) is 1.25. The summed E-state index contributed by atoms with van der Waals surface area (Å²) in [5.41, 5.74) is 8.32. The van der Waals surface area contributed by atoms with Gasteiger partial charge in [0.05, 0.1) is 0 Å². The molecule has 2 N–H and O–H groups in total. The molecule has 2 heteroatoms. The Hall–Kier alpha value is -0.470. The van der Waals surface area contributed by atoms with Gasteiger partial charge in [-0.2, -0.15) is 0 Å². The lowest BCUT2D eigenvalue weighted by Gasteiger charge is -2.11. The molecule has 1 atom stereocenters. The highest BCUT2D eigenvalue weighted by Crippen LogP contribution is 2.26. The van der Waals surface area contributed by atoms with Crippen molar-refractivity contribution in [1.82, 2.24) is 0 Å². The lowest BCUT2D eigenvalue weighted by Crippen LogP contribution is -2.01. The molecule has 84 valence electrons. The first-order chi connectivity index (χ1) is 7.17. The second kappa shape index (κ2) is 6.19. The monoisotopic (exact) mass is 223 g/mol. The first kappa shape index (κ1) is 12.6. The molecular weight excluding hydrogens is 202 g/mol. The van der Waals surface area contributed by atoms with Crippen molar-refractivity contribution in [2.24, 2.45) is 11.7 Å². The number of nitrogens with two attached hydrogens (primary N) is 1. The molecule has 1 nitrogen and oxygen atoms in total. The number of rotatable bonds is 5. The molecule has 0 aliphatic heterocycles. The zero-order chi connectivity index (χ0) is 11.3. The maximum Gasteiger partial charge on any atom is 0.0189 e. The van der Waals surface area contributed by atoms with Crippen LogP contribution in [-0.4, -0.2) is 5.75 Å². The number of hydrogen-bond donors (Lipinski definition) is 1. The fraction of sp³-hybridized carbons (Fsp3) is 0.538. The van der Waals surface area contributed by atoms with Crippen LogP contribution in [0, 0.1) is 12.8 Å². The first-order valence-corrected chi connectivity index (χ1v) is 6.58. The summed E-state index contributed by atoms with van der Waals surface area (Å²) >= 11 is 1.94. The summed E-state index contributed by atoms with van der Waals surface area (Å²) in [5.74, 6) is 1.97. The minimum Gasteiger partial charge on any atom is -0.326 e. The van der Waals surface area contributed by atoms with Crippen LogP contribution in [0.3, 0.4) is 0 Å². The molecule has 1 unspecified atom stereocenters. The van der Waals surface area contributed by atoms with E-state index < -0.39 is 0 Å². The molecule has 0 fully saturated rings. The predicted molar refractivity (Wildman–Crippen MR) is 69.2 cm³/mol. The average Bonchev–Trinajstić information content (AvgIpc) is 2.26. The highest BCUT2D eigenvalue weighted by atomic mass is 32.2. The van der Waals surface area contributed by atoms with E-state index in [9.17, 15) is 0 Å². The fourth-order valence-corrected chi connectivity index (χ4v) is 2.62. The quantitative estimate of drug-likeness (QED) is 0.772. The van der Waals surface area contributed by atoms with Crippen LogP contribution in [-0.2, 0) is 6.54 Å². The lowest BCUT2D eigenvalue weighted by molar-refractivity contribution is 0.637. The van der Waals surface area contributed by atoms with Crippen molar-refractivity contribution in [1.29, 1.82) is 0 Å². The molecule has 0 radical (unpaired) electrons. The Morgan fingerprint density at radius 1 is 1.40 bits per heavy atom. The molecule has 1 aromatic carbocycles. The van der Waals surface area contributed by atoms with Gasteiger partial charge >= 0.3 is 0 Å². The van der Waals surface area contributed by atoms with Crippen molar-refractivity contribution in [2.75, 3.05) is 5.75 Å². The fourth-order valence-electron chi connectivity index (χ4n) is 1.31. The molecule has 0 aromatic heterocycles. The summed E-state index contributed by atoms with van der Waals surface area (Å²) in [5, 5.41) is 0. The van der Waals surface area contributed by atoms with E-state index in [2.05, 4.69) is 39.0 Å². The molecule has 0 amide bonds. The Kier molecular flexibility index (Phi) is 5.20. The Balaban J connectivity index is 2.69. The van der Waals surface area contributed by atoms with Gasteiger partial charge < -0.3 is 5.73 Å². The van der Waals surface area contributed by atoms with Crippen molar-refractivity contribution >= 4 is 11.8 Å². The number of hydrogen-bond acceptors (Lipinski definition) is 2. The topological polar surface area (TPSA) is 26.0 Å². The Bertz CT molecular complexity index is 309. The zero-order valence-electron chi connectivity index (χ0n) is 9.92. The van der Waals surface area contributed by atoms with Crippen LogP contribution >= 0.6 is 11.8 Å². The molecule has 0 aliphatic rings. The largest absolute Gasteiger partial charge is 0.326 e. The van der Waals surface area contributed by atoms with Crippen LogP contribution in [0.4, 0.5) is 0 Å². The second-order valence-electron chi connectivity index (χ2n) is 4.14. The average molecular weight is 223 g/mol. The lowest BCUT2D eigenvalue weighted by atomic mass is 10.1. The zero-order valence-corrected chi connectivity index (χ0v) is 10.7. The van der Waals surface area contributed by atoms with Gasteiger partial charge in [-0.25, -0.2) is 0 Å². The van der Waals surface area contributed by atoms with Gasteiger partial charge in [-0.1, -0.05) is 32.4 Å². The standard InChI is InChI=1S/C13H21NS/c1-4-10(2)9-15-13-7-11(3)5-6-12(13)8-14/h5-7,10H,4,8-9,14H2,1-3H3. The summed E-state index contributed by atoms with van der Waals surface area (Å²) in [6.45, 7) is 7.31. The maximum absolute atomic E-state index is 5.73. The van der Waals surface area contributed by atoms with E-state index in [1.807, 2.05) is 11.8 Å². The molecule has 1 aromatic rings. The van der Waals surface area contributed by atoms with E-state index in [1.54, 1.807) is 0 Å². The van der Waals surface area contributed by atoms with E-state index in [4.69, 9.17) is 5.73 Å². The van der Waals surface area contributed by atoms with E-state index in [-0.39, 0.29) is 0 Å².